The molecule has 0 radical (unpaired) electrons. The van der Waals surface area contributed by atoms with E-state index in [-0.39, 0.29) is 11.2 Å². The van der Waals surface area contributed by atoms with Crippen LogP contribution in [0.25, 0.3) is 10.9 Å². The standard InChI is InChI=1S/C26H32ClF2N7/c1-25(2,3)14-32-24-19-10-18(11-20(27)23(19)33-15-34-24)35-22(16-4-6-17(29)7-5-16)21(30)12-36(31)26(13-28)8-9-26/h4-7,10-12,15,22,35H,8-9,13-14,30-31H2,1-3H3,(H,32,33,34)/b21-12-. The number of alkyl halides is 1. The van der Waals surface area contributed by atoms with Gasteiger partial charge in [-0.05, 0) is 48.1 Å². The maximum absolute atomic E-state index is 13.7. The number of anilines is 2. The van der Waals surface area contributed by atoms with Gasteiger partial charge in [0.05, 0.1) is 27.8 Å². The Morgan fingerprint density at radius 2 is 1.92 bits per heavy atom. The molecule has 0 bridgehead atoms. The fourth-order valence-corrected chi connectivity index (χ4v) is 4.12. The Hall–Kier alpha value is -3.17. The Morgan fingerprint density at radius 3 is 2.53 bits per heavy atom. The molecule has 36 heavy (non-hydrogen) atoms. The number of hydrazine groups is 1. The van der Waals surface area contributed by atoms with E-state index in [0.717, 1.165) is 5.39 Å². The molecule has 1 aliphatic carbocycles. The molecule has 7 nitrogen and oxygen atoms in total. The number of hydrogen-bond donors (Lipinski definition) is 4. The lowest BCUT2D eigenvalue weighted by atomic mass is 9.97. The Kier molecular flexibility index (Phi) is 7.24. The van der Waals surface area contributed by atoms with Crippen LogP contribution >= 0.6 is 11.6 Å². The monoisotopic (exact) mass is 515 g/mol. The van der Waals surface area contributed by atoms with Gasteiger partial charge in [0.2, 0.25) is 0 Å². The molecular formula is C26H32ClF2N7. The third-order valence-electron chi connectivity index (χ3n) is 6.24. The average molecular weight is 516 g/mol. The number of fused-ring (bicyclic) bond motifs is 1. The lowest BCUT2D eigenvalue weighted by molar-refractivity contribution is 0.209. The van der Waals surface area contributed by atoms with Crippen LogP contribution in [0, 0.1) is 11.2 Å². The van der Waals surface area contributed by atoms with Gasteiger partial charge >= 0.3 is 0 Å². The third-order valence-corrected chi connectivity index (χ3v) is 6.53. The van der Waals surface area contributed by atoms with Crippen molar-refractivity contribution in [1.29, 1.82) is 0 Å². The molecule has 1 saturated carbocycles. The van der Waals surface area contributed by atoms with Crippen LogP contribution in [0.3, 0.4) is 0 Å². The van der Waals surface area contributed by atoms with Crippen LogP contribution in [0.1, 0.15) is 45.2 Å². The smallest absolute Gasteiger partial charge is 0.137 e. The molecule has 0 saturated heterocycles. The van der Waals surface area contributed by atoms with E-state index in [2.05, 4.69) is 41.4 Å². The quantitative estimate of drug-likeness (QED) is 0.220. The van der Waals surface area contributed by atoms with Gasteiger partial charge in [-0.3, -0.25) is 0 Å². The fraction of sp³-hybridized carbons (Fsp3) is 0.385. The second-order valence-corrected chi connectivity index (χ2v) is 10.9. The number of hydrogen-bond acceptors (Lipinski definition) is 7. The Labute approximate surface area is 214 Å². The van der Waals surface area contributed by atoms with Crippen LogP contribution in [0.4, 0.5) is 20.3 Å². The normalized spacial score (nSPS) is 16.0. The topological polar surface area (TPSA) is 105 Å². The highest BCUT2D eigenvalue weighted by Gasteiger charge is 2.47. The second-order valence-electron chi connectivity index (χ2n) is 10.5. The van der Waals surface area contributed by atoms with Crippen molar-refractivity contribution in [3.8, 4) is 0 Å². The van der Waals surface area contributed by atoms with Crippen LogP contribution < -0.4 is 22.2 Å². The number of benzene rings is 2. The number of halogens is 3. The molecule has 1 fully saturated rings. The van der Waals surface area contributed by atoms with E-state index in [1.807, 2.05) is 6.07 Å². The van der Waals surface area contributed by atoms with Gasteiger partial charge < -0.3 is 21.4 Å². The van der Waals surface area contributed by atoms with E-state index in [9.17, 15) is 8.78 Å². The molecule has 3 aromatic rings. The second kappa shape index (κ2) is 10.1. The fourth-order valence-electron chi connectivity index (χ4n) is 3.86. The van der Waals surface area contributed by atoms with E-state index in [4.69, 9.17) is 23.2 Å². The lowest BCUT2D eigenvalue weighted by Crippen LogP contribution is -2.41. The number of nitrogens with one attached hydrogen (secondary N) is 2. The molecule has 4 rings (SSSR count). The van der Waals surface area contributed by atoms with Crippen molar-refractivity contribution in [2.75, 3.05) is 23.9 Å². The Balaban J connectivity index is 1.71. The van der Waals surface area contributed by atoms with E-state index in [1.165, 1.54) is 29.7 Å². The van der Waals surface area contributed by atoms with E-state index in [1.54, 1.807) is 18.2 Å². The molecule has 1 heterocycles. The van der Waals surface area contributed by atoms with Crippen LogP contribution in [-0.4, -0.2) is 33.7 Å². The molecule has 192 valence electrons. The van der Waals surface area contributed by atoms with Crippen LogP contribution in [-0.2, 0) is 0 Å². The first kappa shape index (κ1) is 25.9. The third kappa shape index (κ3) is 5.79. The van der Waals surface area contributed by atoms with E-state index < -0.39 is 18.3 Å². The zero-order chi connectivity index (χ0) is 26.1. The van der Waals surface area contributed by atoms with Crippen LogP contribution in [0.15, 0.2) is 54.6 Å². The summed E-state index contributed by atoms with van der Waals surface area (Å²) >= 11 is 6.60. The SMILES string of the molecule is CC(C)(C)CNc1ncnc2c(Cl)cc(NC(/C(N)=C/N(N)C3(CF)CC3)c3ccc(F)cc3)cc12. The van der Waals surface area contributed by atoms with Gasteiger partial charge in [-0.25, -0.2) is 24.6 Å². The number of nitrogens with zero attached hydrogens (tertiary/aromatic N) is 3. The maximum Gasteiger partial charge on any atom is 0.137 e. The van der Waals surface area contributed by atoms with Crippen LogP contribution in [0.2, 0.25) is 5.02 Å². The first-order valence-corrected chi connectivity index (χ1v) is 12.2. The molecular weight excluding hydrogens is 484 g/mol. The minimum Gasteiger partial charge on any atom is -0.399 e. The van der Waals surface area contributed by atoms with Crippen molar-refractivity contribution in [1.82, 2.24) is 15.0 Å². The minimum atomic E-state index is -0.713. The summed E-state index contributed by atoms with van der Waals surface area (Å²) in [6.07, 6.45) is 4.32. The largest absolute Gasteiger partial charge is 0.399 e. The van der Waals surface area contributed by atoms with Gasteiger partial charge in [-0.2, -0.15) is 0 Å². The van der Waals surface area contributed by atoms with Crippen molar-refractivity contribution >= 4 is 34.0 Å². The van der Waals surface area contributed by atoms with Gasteiger partial charge in [-0.15, -0.1) is 0 Å². The zero-order valence-corrected chi connectivity index (χ0v) is 21.4. The molecule has 0 aliphatic heterocycles. The summed E-state index contributed by atoms with van der Waals surface area (Å²) < 4.78 is 27.2. The highest BCUT2D eigenvalue weighted by Crippen LogP contribution is 2.41. The van der Waals surface area contributed by atoms with Crippen molar-refractivity contribution < 1.29 is 8.78 Å². The summed E-state index contributed by atoms with van der Waals surface area (Å²) in [5, 5.41) is 9.28. The predicted octanol–water partition coefficient (Wildman–Crippen LogP) is 5.51. The number of nitrogens with two attached hydrogens (primary N) is 2. The van der Waals surface area contributed by atoms with Gasteiger partial charge in [-0.1, -0.05) is 44.5 Å². The van der Waals surface area contributed by atoms with Crippen molar-refractivity contribution in [3.05, 3.63) is 71.0 Å². The predicted molar refractivity (Wildman–Crippen MR) is 141 cm³/mol. The summed E-state index contributed by atoms with van der Waals surface area (Å²) in [7, 11) is 0. The maximum atomic E-state index is 13.7. The summed E-state index contributed by atoms with van der Waals surface area (Å²) in [6, 6.07) is 9.04. The van der Waals surface area contributed by atoms with Gasteiger partial charge in [0, 0.05) is 23.8 Å². The molecule has 6 N–H and O–H groups in total. The highest BCUT2D eigenvalue weighted by molar-refractivity contribution is 6.35. The molecule has 0 spiro atoms. The lowest BCUT2D eigenvalue weighted by Gasteiger charge is -2.27. The van der Waals surface area contributed by atoms with Gasteiger partial charge in [0.15, 0.2) is 0 Å². The van der Waals surface area contributed by atoms with Gasteiger partial charge in [0.1, 0.15) is 24.6 Å². The first-order chi connectivity index (χ1) is 17.0. The molecule has 10 heteroatoms. The van der Waals surface area contributed by atoms with Crippen molar-refractivity contribution in [3.63, 3.8) is 0 Å². The summed E-state index contributed by atoms with van der Waals surface area (Å²) in [5.74, 6) is 6.44. The van der Waals surface area contributed by atoms with Crippen molar-refractivity contribution in [2.24, 2.45) is 17.0 Å². The zero-order valence-electron chi connectivity index (χ0n) is 20.7. The van der Waals surface area contributed by atoms with Crippen molar-refractivity contribution in [2.45, 2.75) is 45.2 Å². The van der Waals surface area contributed by atoms with Crippen LogP contribution in [0.5, 0.6) is 0 Å². The Bertz CT molecular complexity index is 1250. The molecule has 1 unspecified atom stereocenters. The Morgan fingerprint density at radius 1 is 1.22 bits per heavy atom. The first-order valence-electron chi connectivity index (χ1n) is 11.8. The average Bonchev–Trinajstić information content (AvgIpc) is 3.63. The van der Waals surface area contributed by atoms with E-state index in [0.29, 0.717) is 52.7 Å². The van der Waals surface area contributed by atoms with E-state index >= 15 is 0 Å². The molecule has 1 aliphatic rings. The summed E-state index contributed by atoms with van der Waals surface area (Å²) in [5.41, 5.74) is 8.12. The number of aromatic nitrogens is 2. The summed E-state index contributed by atoms with van der Waals surface area (Å²) in [6.45, 7) is 6.51. The molecule has 1 aromatic heterocycles. The highest BCUT2D eigenvalue weighted by atomic mass is 35.5. The molecule has 0 amide bonds. The molecule has 2 aromatic carbocycles. The summed E-state index contributed by atoms with van der Waals surface area (Å²) in [4.78, 5) is 8.76. The number of rotatable bonds is 9. The minimum absolute atomic E-state index is 0.0382. The van der Waals surface area contributed by atoms with Gasteiger partial charge in [0.25, 0.3) is 0 Å². The molecule has 1 atom stereocenters.